The lowest BCUT2D eigenvalue weighted by molar-refractivity contribution is -0.149. The molecule has 2 atom stereocenters. The fraction of sp³-hybridized carbons (Fsp3) is 0.360. The number of benzene rings is 1. The number of Topliss-reactive ketones (excluding diaryl/α,β-unsaturated/α-hetero) is 1. The number of ketones is 1. The van der Waals surface area contributed by atoms with Crippen LogP contribution in [0, 0.1) is 11.8 Å². The van der Waals surface area contributed by atoms with Gasteiger partial charge in [-0.3, -0.25) is 10.1 Å². The van der Waals surface area contributed by atoms with E-state index in [1.165, 1.54) is 13.2 Å². The van der Waals surface area contributed by atoms with Crippen molar-refractivity contribution in [1.29, 1.82) is 0 Å². The van der Waals surface area contributed by atoms with Crippen molar-refractivity contribution in [1.82, 2.24) is 10.3 Å². The van der Waals surface area contributed by atoms with E-state index in [-0.39, 0.29) is 6.54 Å². The molecular formula is C25H26N2O5. The molecule has 0 amide bonds. The van der Waals surface area contributed by atoms with E-state index in [4.69, 9.17) is 9.47 Å². The van der Waals surface area contributed by atoms with Crippen molar-refractivity contribution >= 4 is 28.6 Å². The van der Waals surface area contributed by atoms with Gasteiger partial charge in [-0.05, 0) is 57.4 Å². The molecule has 1 aliphatic heterocycles. The van der Waals surface area contributed by atoms with Crippen molar-refractivity contribution in [3.05, 3.63) is 53.4 Å². The van der Waals surface area contributed by atoms with Crippen molar-refractivity contribution in [3.63, 3.8) is 0 Å². The Morgan fingerprint density at radius 1 is 1.28 bits per heavy atom. The van der Waals surface area contributed by atoms with E-state index in [0.717, 1.165) is 0 Å². The summed E-state index contributed by atoms with van der Waals surface area (Å²) >= 11 is 0. The number of esters is 2. The lowest BCUT2D eigenvalue weighted by atomic mass is 9.72. The zero-order chi connectivity index (χ0) is 23.7. The lowest BCUT2D eigenvalue weighted by Crippen LogP contribution is -2.59. The number of carbonyl (C=O) groups is 3. The molecule has 7 nitrogen and oxygen atoms in total. The lowest BCUT2D eigenvalue weighted by Gasteiger charge is -2.38. The van der Waals surface area contributed by atoms with E-state index < -0.39 is 34.8 Å². The molecular weight excluding hydrogens is 408 g/mol. The largest absolute Gasteiger partial charge is 0.467 e. The van der Waals surface area contributed by atoms with Crippen LogP contribution in [0.3, 0.4) is 0 Å². The summed E-state index contributed by atoms with van der Waals surface area (Å²) in [6.45, 7) is 10.7. The van der Waals surface area contributed by atoms with Crippen molar-refractivity contribution < 1.29 is 23.9 Å². The first kappa shape index (κ1) is 23.1. The van der Waals surface area contributed by atoms with E-state index >= 15 is 0 Å². The van der Waals surface area contributed by atoms with Crippen LogP contribution in [0.5, 0.6) is 0 Å². The molecule has 32 heavy (non-hydrogen) atoms. The minimum absolute atomic E-state index is 0.217. The third-order valence-corrected chi connectivity index (χ3v) is 5.23. The van der Waals surface area contributed by atoms with Crippen molar-refractivity contribution in [3.8, 4) is 11.8 Å². The van der Waals surface area contributed by atoms with Gasteiger partial charge in [-0.15, -0.1) is 5.73 Å². The molecule has 1 aromatic carbocycles. The number of nitrogens with one attached hydrogen (secondary N) is 2. The standard InChI is InChI=1S/C25H26N2O5/c1-7-10-18(28)21-20-17(14-26-25(21,13-8-2)23(30)31-6)27-16-12-9-11-15(19(16)20)22(29)32-24(3,4)5/h9,11-13,21,26-27H,2,14H2,1,3-6H3. The number of ether oxygens (including phenoxy) is 2. The summed E-state index contributed by atoms with van der Waals surface area (Å²) < 4.78 is 10.6. The number of H-pyrrole nitrogens is 1. The Morgan fingerprint density at radius 2 is 2.00 bits per heavy atom. The zero-order valence-corrected chi connectivity index (χ0v) is 18.8. The van der Waals surface area contributed by atoms with Gasteiger partial charge in [0.15, 0.2) is 5.54 Å². The van der Waals surface area contributed by atoms with Crippen LogP contribution < -0.4 is 5.32 Å². The molecule has 166 valence electrons. The summed E-state index contributed by atoms with van der Waals surface area (Å²) in [5.74, 6) is 2.35. The second kappa shape index (κ2) is 8.51. The Hall–Kier alpha value is -3.59. The summed E-state index contributed by atoms with van der Waals surface area (Å²) in [6.07, 6.45) is 1.39. The number of fused-ring (bicyclic) bond motifs is 3. The smallest absolute Gasteiger partial charge is 0.339 e. The normalized spacial score (nSPS) is 19.7. The molecule has 0 saturated heterocycles. The highest BCUT2D eigenvalue weighted by atomic mass is 16.6. The van der Waals surface area contributed by atoms with Crippen LogP contribution in [-0.4, -0.2) is 41.0 Å². The minimum Gasteiger partial charge on any atom is -0.467 e. The Balaban J connectivity index is 2.38. The quantitative estimate of drug-likeness (QED) is 0.332. The zero-order valence-electron chi connectivity index (χ0n) is 18.8. The van der Waals surface area contributed by atoms with Crippen molar-refractivity contribution in [2.24, 2.45) is 0 Å². The van der Waals surface area contributed by atoms with Crippen LogP contribution in [0.1, 0.15) is 55.2 Å². The molecule has 0 fully saturated rings. The van der Waals surface area contributed by atoms with Gasteiger partial charge in [0.25, 0.3) is 0 Å². The van der Waals surface area contributed by atoms with E-state index in [1.54, 1.807) is 45.9 Å². The number of carbonyl (C=O) groups excluding carboxylic acids is 3. The molecule has 7 heteroatoms. The third-order valence-electron chi connectivity index (χ3n) is 5.23. The molecule has 2 aromatic rings. The first-order valence-corrected chi connectivity index (χ1v) is 10.1. The molecule has 0 spiro atoms. The molecule has 2 N–H and O–H groups in total. The van der Waals surface area contributed by atoms with Gasteiger partial charge < -0.3 is 14.5 Å². The van der Waals surface area contributed by atoms with Crippen LogP contribution in [0.4, 0.5) is 0 Å². The predicted molar refractivity (Wildman–Crippen MR) is 120 cm³/mol. The first-order chi connectivity index (χ1) is 15.1. The molecule has 2 heterocycles. The highest BCUT2D eigenvalue weighted by Crippen LogP contribution is 2.43. The molecule has 3 rings (SSSR count). The van der Waals surface area contributed by atoms with Crippen LogP contribution in [0.2, 0.25) is 0 Å². The van der Waals surface area contributed by atoms with Gasteiger partial charge in [-0.1, -0.05) is 18.6 Å². The maximum absolute atomic E-state index is 13.3. The van der Waals surface area contributed by atoms with Crippen molar-refractivity contribution in [2.75, 3.05) is 7.11 Å². The maximum Gasteiger partial charge on any atom is 0.339 e. The average molecular weight is 434 g/mol. The van der Waals surface area contributed by atoms with E-state index in [1.807, 2.05) is 0 Å². The fourth-order valence-electron chi connectivity index (χ4n) is 4.10. The van der Waals surface area contributed by atoms with Gasteiger partial charge in [-0.25, -0.2) is 9.59 Å². The van der Waals surface area contributed by atoms with Crippen LogP contribution in [0.25, 0.3) is 10.9 Å². The van der Waals surface area contributed by atoms with Crippen LogP contribution in [0.15, 0.2) is 36.6 Å². The van der Waals surface area contributed by atoms with Gasteiger partial charge in [0.1, 0.15) is 5.60 Å². The third kappa shape index (κ3) is 3.87. The van der Waals surface area contributed by atoms with Gasteiger partial charge in [-0.2, -0.15) is 0 Å². The molecule has 0 radical (unpaired) electrons. The molecule has 2 unspecified atom stereocenters. The summed E-state index contributed by atoms with van der Waals surface area (Å²) in [4.78, 5) is 42.6. The fourth-order valence-corrected chi connectivity index (χ4v) is 4.10. The molecule has 0 saturated carbocycles. The summed E-state index contributed by atoms with van der Waals surface area (Å²) in [5.41, 5.74) is 2.44. The van der Waals surface area contributed by atoms with E-state index in [9.17, 15) is 14.4 Å². The predicted octanol–water partition coefficient (Wildman–Crippen LogP) is 3.16. The molecule has 1 aliphatic rings. The summed E-state index contributed by atoms with van der Waals surface area (Å²) in [6, 6.07) is 5.18. The van der Waals surface area contributed by atoms with Crippen molar-refractivity contribution in [2.45, 2.75) is 51.3 Å². The molecule has 0 bridgehead atoms. The van der Waals surface area contributed by atoms with Gasteiger partial charge in [0.2, 0.25) is 5.78 Å². The second-order valence-electron chi connectivity index (χ2n) is 8.48. The number of aromatic amines is 1. The van der Waals surface area contributed by atoms with Crippen LogP contribution in [-0.2, 0) is 25.6 Å². The number of hydrogen-bond donors (Lipinski definition) is 2. The van der Waals surface area contributed by atoms with Gasteiger partial charge in [0, 0.05) is 23.1 Å². The number of methoxy groups -OCH3 is 1. The molecule has 1 aromatic heterocycles. The minimum atomic E-state index is -1.58. The van der Waals surface area contributed by atoms with E-state index in [0.29, 0.717) is 27.7 Å². The number of rotatable bonds is 4. The molecule has 0 aliphatic carbocycles. The number of aromatic nitrogens is 1. The highest BCUT2D eigenvalue weighted by Gasteiger charge is 2.53. The Bertz CT molecular complexity index is 1210. The Morgan fingerprint density at radius 3 is 2.59 bits per heavy atom. The summed E-state index contributed by atoms with van der Waals surface area (Å²) in [5, 5.41) is 3.62. The maximum atomic E-state index is 13.3. The monoisotopic (exact) mass is 434 g/mol. The van der Waals surface area contributed by atoms with Crippen LogP contribution >= 0.6 is 0 Å². The second-order valence-corrected chi connectivity index (χ2v) is 8.48. The number of hydrogen-bond acceptors (Lipinski definition) is 6. The van der Waals surface area contributed by atoms with Gasteiger partial charge >= 0.3 is 11.9 Å². The van der Waals surface area contributed by atoms with Gasteiger partial charge in [0.05, 0.1) is 18.6 Å². The van der Waals surface area contributed by atoms with E-state index in [2.05, 4.69) is 34.5 Å². The summed E-state index contributed by atoms with van der Waals surface area (Å²) in [7, 11) is 1.24. The first-order valence-electron chi connectivity index (χ1n) is 10.1. The average Bonchev–Trinajstić information content (AvgIpc) is 3.10. The Kier molecular flexibility index (Phi) is 6.13. The SMILES string of the molecule is C=C=CC1(C(=O)OC)NCc2[nH]c3cccc(C(=O)OC(C)(C)C)c3c2C1C(=O)C#CC. The topological polar surface area (TPSA) is 97.5 Å². The Labute approximate surface area is 186 Å². The highest BCUT2D eigenvalue weighted by molar-refractivity contribution is 6.12.